The van der Waals surface area contributed by atoms with Gasteiger partial charge in [-0.05, 0) is 13.3 Å². The van der Waals surface area contributed by atoms with Crippen molar-refractivity contribution in [2.45, 2.75) is 38.9 Å². The quantitative estimate of drug-likeness (QED) is 0.746. The second kappa shape index (κ2) is 5.10. The summed E-state index contributed by atoms with van der Waals surface area (Å²) in [5, 5.41) is 3.44. The average Bonchev–Trinajstić information content (AvgIpc) is 2.18. The summed E-state index contributed by atoms with van der Waals surface area (Å²) in [6, 6.07) is 0. The molecule has 14 heavy (non-hydrogen) atoms. The third kappa shape index (κ3) is 2.94. The largest absolute Gasteiger partial charge is 0.384 e. The number of nitrogens with one attached hydrogen (secondary N) is 1. The van der Waals surface area contributed by atoms with Crippen molar-refractivity contribution in [2.75, 3.05) is 26.8 Å². The maximum atomic E-state index is 6.09. The summed E-state index contributed by atoms with van der Waals surface area (Å²) in [6.07, 6.45) is 1.34. The Morgan fingerprint density at radius 2 is 2.36 bits per heavy atom. The van der Waals surface area contributed by atoms with Crippen molar-refractivity contribution in [3.63, 3.8) is 0 Å². The highest BCUT2D eigenvalue weighted by Gasteiger charge is 2.33. The zero-order valence-corrected chi connectivity index (χ0v) is 9.80. The Morgan fingerprint density at radius 1 is 1.64 bits per heavy atom. The Kier molecular flexibility index (Phi) is 4.35. The van der Waals surface area contributed by atoms with Gasteiger partial charge in [-0.15, -0.1) is 0 Å². The number of methoxy groups -OCH3 is 1. The number of morpholine rings is 1. The van der Waals surface area contributed by atoms with Crippen LogP contribution in [0.2, 0.25) is 0 Å². The Hall–Kier alpha value is -0.120. The first-order chi connectivity index (χ1) is 6.61. The molecular formula is C11H23NO2. The molecule has 1 heterocycles. The van der Waals surface area contributed by atoms with Crippen molar-refractivity contribution >= 4 is 0 Å². The van der Waals surface area contributed by atoms with Gasteiger partial charge in [-0.2, -0.15) is 0 Å². The molecule has 3 nitrogen and oxygen atoms in total. The summed E-state index contributed by atoms with van der Waals surface area (Å²) < 4.78 is 11.2. The van der Waals surface area contributed by atoms with Crippen LogP contribution in [0.5, 0.6) is 0 Å². The molecule has 3 unspecified atom stereocenters. The topological polar surface area (TPSA) is 30.5 Å². The van der Waals surface area contributed by atoms with Crippen LogP contribution < -0.4 is 5.32 Å². The van der Waals surface area contributed by atoms with Gasteiger partial charge in [0.15, 0.2) is 0 Å². The van der Waals surface area contributed by atoms with Crippen LogP contribution in [0.3, 0.4) is 0 Å². The second-order valence-electron chi connectivity index (χ2n) is 4.52. The molecule has 1 aliphatic rings. The van der Waals surface area contributed by atoms with E-state index in [-0.39, 0.29) is 11.7 Å². The Morgan fingerprint density at radius 3 is 2.93 bits per heavy atom. The minimum atomic E-state index is 0.00488. The van der Waals surface area contributed by atoms with E-state index in [1.54, 1.807) is 7.11 Å². The van der Waals surface area contributed by atoms with Gasteiger partial charge in [0.1, 0.15) is 0 Å². The van der Waals surface area contributed by atoms with E-state index < -0.39 is 0 Å². The molecule has 3 heteroatoms. The predicted octanol–water partition coefficient (Wildman–Crippen LogP) is 1.43. The average molecular weight is 201 g/mol. The Balaban J connectivity index is 2.47. The van der Waals surface area contributed by atoms with Crippen LogP contribution in [0.1, 0.15) is 27.2 Å². The lowest BCUT2D eigenvalue weighted by Gasteiger charge is -2.41. The van der Waals surface area contributed by atoms with E-state index in [1.807, 2.05) is 0 Å². The van der Waals surface area contributed by atoms with Gasteiger partial charge in [-0.25, -0.2) is 0 Å². The van der Waals surface area contributed by atoms with E-state index >= 15 is 0 Å². The van der Waals surface area contributed by atoms with Crippen LogP contribution >= 0.6 is 0 Å². The molecule has 0 radical (unpaired) electrons. The highest BCUT2D eigenvalue weighted by molar-refractivity contribution is 4.85. The Bertz CT molecular complexity index is 175. The van der Waals surface area contributed by atoms with Crippen molar-refractivity contribution in [3.05, 3.63) is 0 Å². The third-order valence-electron chi connectivity index (χ3n) is 3.09. The van der Waals surface area contributed by atoms with Gasteiger partial charge in [0.2, 0.25) is 0 Å². The molecule has 1 saturated heterocycles. The van der Waals surface area contributed by atoms with Gasteiger partial charge in [0.05, 0.1) is 18.3 Å². The number of ether oxygens (including phenoxy) is 2. The molecule has 0 aromatic rings. The summed E-state index contributed by atoms with van der Waals surface area (Å²) in [5.41, 5.74) is 0.00488. The molecule has 0 aliphatic carbocycles. The van der Waals surface area contributed by atoms with Gasteiger partial charge in [0.25, 0.3) is 0 Å². The van der Waals surface area contributed by atoms with E-state index in [1.165, 1.54) is 0 Å². The van der Waals surface area contributed by atoms with E-state index in [4.69, 9.17) is 9.47 Å². The summed E-state index contributed by atoms with van der Waals surface area (Å²) in [5.74, 6) is 0.457. The maximum Gasteiger partial charge on any atom is 0.0780 e. The van der Waals surface area contributed by atoms with E-state index in [2.05, 4.69) is 26.1 Å². The fourth-order valence-corrected chi connectivity index (χ4v) is 1.82. The predicted molar refractivity (Wildman–Crippen MR) is 57.5 cm³/mol. The van der Waals surface area contributed by atoms with Crippen molar-refractivity contribution in [3.8, 4) is 0 Å². The molecular weight excluding hydrogens is 178 g/mol. The molecule has 3 atom stereocenters. The maximum absolute atomic E-state index is 6.09. The van der Waals surface area contributed by atoms with Gasteiger partial charge >= 0.3 is 0 Å². The molecule has 0 amide bonds. The molecule has 1 rings (SSSR count). The first-order valence-electron chi connectivity index (χ1n) is 5.49. The molecule has 0 saturated carbocycles. The first-order valence-corrected chi connectivity index (χ1v) is 5.49. The van der Waals surface area contributed by atoms with Gasteiger partial charge in [0, 0.05) is 26.1 Å². The Labute approximate surface area is 87.2 Å². The molecule has 1 N–H and O–H groups in total. The summed E-state index contributed by atoms with van der Waals surface area (Å²) in [4.78, 5) is 0. The summed E-state index contributed by atoms with van der Waals surface area (Å²) in [7, 11) is 1.74. The van der Waals surface area contributed by atoms with Gasteiger partial charge in [-0.1, -0.05) is 13.8 Å². The molecule has 1 fully saturated rings. The lowest BCUT2D eigenvalue weighted by molar-refractivity contribution is -0.132. The fraction of sp³-hybridized carbons (Fsp3) is 1.00. The number of rotatable bonds is 4. The monoisotopic (exact) mass is 201 g/mol. The summed E-state index contributed by atoms with van der Waals surface area (Å²) >= 11 is 0. The van der Waals surface area contributed by atoms with E-state index in [0.717, 1.165) is 26.1 Å². The van der Waals surface area contributed by atoms with Crippen molar-refractivity contribution in [1.29, 1.82) is 0 Å². The van der Waals surface area contributed by atoms with Crippen molar-refractivity contribution < 1.29 is 9.47 Å². The molecule has 1 aliphatic heterocycles. The lowest BCUT2D eigenvalue weighted by Crippen LogP contribution is -2.54. The van der Waals surface area contributed by atoms with Crippen LogP contribution in [0.4, 0.5) is 0 Å². The van der Waals surface area contributed by atoms with Crippen molar-refractivity contribution in [1.82, 2.24) is 5.32 Å². The highest BCUT2D eigenvalue weighted by atomic mass is 16.5. The van der Waals surface area contributed by atoms with Gasteiger partial charge in [-0.3, -0.25) is 0 Å². The molecule has 0 bridgehead atoms. The lowest BCUT2D eigenvalue weighted by atomic mass is 9.97. The zero-order valence-electron chi connectivity index (χ0n) is 9.80. The normalized spacial score (nSPS) is 35.6. The molecule has 0 aromatic carbocycles. The zero-order chi connectivity index (χ0) is 10.6. The second-order valence-corrected chi connectivity index (χ2v) is 4.52. The van der Waals surface area contributed by atoms with Crippen LogP contribution in [0.25, 0.3) is 0 Å². The summed E-state index contributed by atoms with van der Waals surface area (Å²) in [6.45, 7) is 9.19. The number of hydrogen-bond acceptors (Lipinski definition) is 3. The van der Waals surface area contributed by atoms with Crippen LogP contribution in [0, 0.1) is 5.92 Å². The molecule has 0 spiro atoms. The highest BCUT2D eigenvalue weighted by Crippen LogP contribution is 2.23. The fourth-order valence-electron chi connectivity index (χ4n) is 1.82. The smallest absolute Gasteiger partial charge is 0.0780 e. The molecule has 0 aromatic heterocycles. The van der Waals surface area contributed by atoms with Crippen LogP contribution in [-0.4, -0.2) is 38.5 Å². The van der Waals surface area contributed by atoms with Crippen LogP contribution in [-0.2, 0) is 9.47 Å². The van der Waals surface area contributed by atoms with E-state index in [0.29, 0.717) is 5.92 Å². The SMILES string of the molecule is CCC1(C)CNCC(C(C)COC)O1. The van der Waals surface area contributed by atoms with Crippen molar-refractivity contribution in [2.24, 2.45) is 5.92 Å². The third-order valence-corrected chi connectivity index (χ3v) is 3.09. The van der Waals surface area contributed by atoms with Gasteiger partial charge < -0.3 is 14.8 Å². The van der Waals surface area contributed by atoms with Crippen LogP contribution in [0.15, 0.2) is 0 Å². The first kappa shape index (κ1) is 12.0. The molecule has 84 valence electrons. The minimum Gasteiger partial charge on any atom is -0.384 e. The number of hydrogen-bond donors (Lipinski definition) is 1. The standard InChI is InChI=1S/C11H23NO2/c1-5-11(3)8-12-6-10(14-11)9(2)7-13-4/h9-10,12H,5-8H2,1-4H3. The van der Waals surface area contributed by atoms with E-state index in [9.17, 15) is 0 Å². The minimum absolute atomic E-state index is 0.00488.